The van der Waals surface area contributed by atoms with Crippen molar-refractivity contribution in [2.75, 3.05) is 20.3 Å². The van der Waals surface area contributed by atoms with E-state index in [-0.39, 0.29) is 0 Å². The van der Waals surface area contributed by atoms with Crippen LogP contribution >= 0.6 is 0 Å². The minimum absolute atomic E-state index is 0.392. The van der Waals surface area contributed by atoms with E-state index in [0.717, 1.165) is 13.2 Å². The van der Waals surface area contributed by atoms with Crippen LogP contribution in [0.4, 0.5) is 0 Å². The van der Waals surface area contributed by atoms with Gasteiger partial charge in [-0.15, -0.1) is 0 Å². The average molecular weight is 129 g/mol. The van der Waals surface area contributed by atoms with Gasteiger partial charge in [0.15, 0.2) is 0 Å². The first kappa shape index (κ1) is 6.99. The normalized spacial score (nSPS) is 28.3. The molecule has 0 aromatic carbocycles. The van der Waals surface area contributed by atoms with Crippen molar-refractivity contribution in [2.45, 2.75) is 18.9 Å². The largest absolute Gasteiger partial charge is 0.383 e. The molecule has 0 saturated carbocycles. The second-order valence-electron chi connectivity index (χ2n) is 2.29. The Morgan fingerprint density at radius 3 is 3.22 bits per heavy atom. The highest BCUT2D eigenvalue weighted by Gasteiger charge is 2.12. The van der Waals surface area contributed by atoms with Gasteiger partial charge in [0.1, 0.15) is 0 Å². The van der Waals surface area contributed by atoms with Crippen molar-refractivity contribution in [1.29, 1.82) is 0 Å². The molecule has 3 nitrogen and oxygen atoms in total. The van der Waals surface area contributed by atoms with E-state index in [1.54, 1.807) is 7.11 Å². The standard InChI is InChI=1S/C6H13N2O/c1-9-5-6-3-2-4-7-8-6/h6-7H,2-5H2,1H3. The van der Waals surface area contributed by atoms with Crippen LogP contribution < -0.4 is 10.9 Å². The molecule has 1 fully saturated rings. The fourth-order valence-electron chi connectivity index (χ4n) is 0.988. The highest BCUT2D eigenvalue weighted by atomic mass is 16.5. The summed E-state index contributed by atoms with van der Waals surface area (Å²) in [4.78, 5) is 0. The highest BCUT2D eigenvalue weighted by Crippen LogP contribution is 2.00. The molecule has 1 rings (SSSR count). The highest BCUT2D eigenvalue weighted by molar-refractivity contribution is 4.67. The van der Waals surface area contributed by atoms with Gasteiger partial charge < -0.3 is 4.74 Å². The van der Waals surface area contributed by atoms with Gasteiger partial charge in [0, 0.05) is 13.7 Å². The van der Waals surface area contributed by atoms with Crippen molar-refractivity contribution < 1.29 is 4.74 Å². The summed E-state index contributed by atoms with van der Waals surface area (Å²) in [5.74, 6) is 0. The number of methoxy groups -OCH3 is 1. The van der Waals surface area contributed by atoms with Crippen molar-refractivity contribution >= 4 is 0 Å². The van der Waals surface area contributed by atoms with E-state index in [1.807, 2.05) is 0 Å². The number of hydrogen-bond acceptors (Lipinski definition) is 2. The summed E-state index contributed by atoms with van der Waals surface area (Å²) in [5.41, 5.74) is 7.11. The first-order chi connectivity index (χ1) is 4.43. The summed E-state index contributed by atoms with van der Waals surface area (Å²) in [7, 11) is 1.71. The molecule has 1 N–H and O–H groups in total. The lowest BCUT2D eigenvalue weighted by molar-refractivity contribution is 0.141. The van der Waals surface area contributed by atoms with Crippen molar-refractivity contribution in [1.82, 2.24) is 10.9 Å². The molecule has 0 aliphatic carbocycles. The molecule has 1 aliphatic heterocycles. The second-order valence-corrected chi connectivity index (χ2v) is 2.29. The van der Waals surface area contributed by atoms with Gasteiger partial charge in [0.2, 0.25) is 0 Å². The van der Waals surface area contributed by atoms with Gasteiger partial charge in [-0.25, -0.2) is 5.43 Å². The molecule has 0 aromatic heterocycles. The summed E-state index contributed by atoms with van der Waals surface area (Å²) < 4.78 is 4.95. The molecule has 0 bridgehead atoms. The molecule has 9 heavy (non-hydrogen) atoms. The van der Waals surface area contributed by atoms with E-state index in [4.69, 9.17) is 4.74 Å². The van der Waals surface area contributed by atoms with E-state index < -0.39 is 0 Å². The van der Waals surface area contributed by atoms with Gasteiger partial charge in [0.05, 0.1) is 12.6 Å². The van der Waals surface area contributed by atoms with Crippen LogP contribution in [0.25, 0.3) is 0 Å². The molecule has 0 amide bonds. The summed E-state index contributed by atoms with van der Waals surface area (Å²) in [6, 6.07) is 0.392. The molecule has 1 aliphatic rings. The molecule has 0 spiro atoms. The Morgan fingerprint density at radius 1 is 1.78 bits per heavy atom. The predicted octanol–water partition coefficient (Wildman–Crippen LogP) is -0.0958. The Labute approximate surface area is 55.7 Å². The smallest absolute Gasteiger partial charge is 0.0650 e. The summed E-state index contributed by atoms with van der Waals surface area (Å²) in [6.07, 6.45) is 2.39. The molecule has 0 aromatic rings. The average Bonchev–Trinajstić information content (AvgIpc) is 1.91. The van der Waals surface area contributed by atoms with Crippen LogP contribution in [0.5, 0.6) is 0 Å². The second kappa shape index (κ2) is 3.82. The third-order valence-electron chi connectivity index (χ3n) is 1.46. The number of nitrogens with zero attached hydrogens (tertiary/aromatic N) is 1. The van der Waals surface area contributed by atoms with E-state index >= 15 is 0 Å². The summed E-state index contributed by atoms with van der Waals surface area (Å²) >= 11 is 0. The van der Waals surface area contributed by atoms with E-state index in [9.17, 15) is 0 Å². The van der Waals surface area contributed by atoms with Crippen molar-refractivity contribution in [3.8, 4) is 0 Å². The predicted molar refractivity (Wildman–Crippen MR) is 35.0 cm³/mol. The van der Waals surface area contributed by atoms with Crippen LogP contribution in [0.15, 0.2) is 0 Å². The first-order valence-corrected chi connectivity index (χ1v) is 3.35. The van der Waals surface area contributed by atoms with Crippen molar-refractivity contribution in [2.24, 2.45) is 0 Å². The number of hydrogen-bond donors (Lipinski definition) is 1. The maximum absolute atomic E-state index is 4.95. The number of ether oxygens (including phenoxy) is 1. The molecule has 1 atom stereocenters. The number of nitrogens with one attached hydrogen (secondary N) is 1. The zero-order valence-corrected chi connectivity index (χ0v) is 5.76. The SMILES string of the molecule is COCC1CCCN[N]1. The molecule has 53 valence electrons. The summed E-state index contributed by atoms with van der Waals surface area (Å²) in [6.45, 7) is 1.78. The van der Waals surface area contributed by atoms with Gasteiger partial charge in [-0.2, -0.15) is 5.43 Å². The zero-order chi connectivity index (χ0) is 6.53. The quantitative estimate of drug-likeness (QED) is 0.565. The van der Waals surface area contributed by atoms with Gasteiger partial charge in [-0.3, -0.25) is 0 Å². The maximum Gasteiger partial charge on any atom is 0.0650 e. The Kier molecular flexibility index (Phi) is 2.97. The lowest BCUT2D eigenvalue weighted by Gasteiger charge is -2.20. The lowest BCUT2D eigenvalue weighted by Crippen LogP contribution is -2.41. The molecule has 1 heterocycles. The van der Waals surface area contributed by atoms with Crippen LogP contribution in [0.2, 0.25) is 0 Å². The molecule has 1 unspecified atom stereocenters. The Hall–Kier alpha value is -0.120. The lowest BCUT2D eigenvalue weighted by atomic mass is 10.1. The zero-order valence-electron chi connectivity index (χ0n) is 5.76. The molecular formula is C6H13N2O. The Balaban J connectivity index is 2.08. The van der Waals surface area contributed by atoms with E-state index in [2.05, 4.69) is 10.9 Å². The monoisotopic (exact) mass is 129 g/mol. The Morgan fingerprint density at radius 2 is 2.67 bits per heavy atom. The minimum atomic E-state index is 0.392. The fourth-order valence-corrected chi connectivity index (χ4v) is 0.988. The topological polar surface area (TPSA) is 35.4 Å². The van der Waals surface area contributed by atoms with E-state index in [0.29, 0.717) is 6.04 Å². The van der Waals surface area contributed by atoms with Gasteiger partial charge in [0.25, 0.3) is 0 Å². The van der Waals surface area contributed by atoms with Crippen molar-refractivity contribution in [3.05, 3.63) is 0 Å². The van der Waals surface area contributed by atoms with Crippen LogP contribution in [-0.2, 0) is 4.74 Å². The number of rotatable bonds is 2. The first-order valence-electron chi connectivity index (χ1n) is 3.35. The van der Waals surface area contributed by atoms with Gasteiger partial charge >= 0.3 is 0 Å². The molecule has 3 heteroatoms. The maximum atomic E-state index is 4.95. The van der Waals surface area contributed by atoms with Gasteiger partial charge in [-0.1, -0.05) is 0 Å². The minimum Gasteiger partial charge on any atom is -0.383 e. The van der Waals surface area contributed by atoms with E-state index in [1.165, 1.54) is 12.8 Å². The van der Waals surface area contributed by atoms with Crippen molar-refractivity contribution in [3.63, 3.8) is 0 Å². The Bertz CT molecular complexity index is 68.7. The molecule has 1 saturated heterocycles. The third kappa shape index (κ3) is 2.30. The van der Waals surface area contributed by atoms with Crippen LogP contribution in [0.3, 0.4) is 0 Å². The van der Waals surface area contributed by atoms with Crippen LogP contribution in [-0.4, -0.2) is 26.3 Å². The third-order valence-corrected chi connectivity index (χ3v) is 1.46. The molecular weight excluding hydrogens is 116 g/mol. The van der Waals surface area contributed by atoms with Gasteiger partial charge in [-0.05, 0) is 12.8 Å². The fraction of sp³-hybridized carbons (Fsp3) is 1.00. The molecule has 1 radical (unpaired) electrons. The van der Waals surface area contributed by atoms with Crippen LogP contribution in [0, 0.1) is 0 Å². The van der Waals surface area contributed by atoms with Crippen LogP contribution in [0.1, 0.15) is 12.8 Å². The summed E-state index contributed by atoms with van der Waals surface area (Å²) in [5, 5.41) is 0.